The maximum Gasteiger partial charge on any atom is 0.472 e. The highest BCUT2D eigenvalue weighted by Gasteiger charge is 2.30. The number of hydrogen-bond donors (Lipinski definition) is 3. The summed E-state index contributed by atoms with van der Waals surface area (Å²) >= 11 is 0. The van der Waals surface area contributed by atoms with Crippen molar-refractivity contribution < 1.29 is 80.2 Å². The first kappa shape index (κ1) is 103. The number of unbranched alkanes of at least 4 members (excludes halogenated alkanes) is 25. The van der Waals surface area contributed by atoms with E-state index < -0.39 is 97.5 Å². The highest BCUT2D eigenvalue weighted by atomic mass is 31.2. The predicted molar refractivity (Wildman–Crippen MR) is 445 cm³/mol. The molecule has 0 aliphatic heterocycles. The maximum atomic E-state index is 13.1. The summed E-state index contributed by atoms with van der Waals surface area (Å²) in [6.07, 6.45) is 93.7. The van der Waals surface area contributed by atoms with Gasteiger partial charge in [0, 0.05) is 25.7 Å². The van der Waals surface area contributed by atoms with Crippen molar-refractivity contribution in [2.45, 2.75) is 341 Å². The van der Waals surface area contributed by atoms with Crippen molar-refractivity contribution in [3.8, 4) is 0 Å². The number of allylic oxidation sites excluding steroid dienone is 26. The van der Waals surface area contributed by atoms with Crippen LogP contribution in [0.2, 0.25) is 0 Å². The number of aliphatic hydroxyl groups is 1. The second kappa shape index (κ2) is 79.8. The van der Waals surface area contributed by atoms with Gasteiger partial charge in [0.25, 0.3) is 0 Å². The van der Waals surface area contributed by atoms with Crippen LogP contribution >= 0.6 is 15.6 Å². The van der Waals surface area contributed by atoms with Crippen LogP contribution in [0.3, 0.4) is 0 Å². The summed E-state index contributed by atoms with van der Waals surface area (Å²) < 4.78 is 68.6. The van der Waals surface area contributed by atoms with Gasteiger partial charge in [-0.3, -0.25) is 37.3 Å². The lowest BCUT2D eigenvalue weighted by Crippen LogP contribution is -2.30. The van der Waals surface area contributed by atoms with Gasteiger partial charge in [-0.15, -0.1) is 0 Å². The molecule has 17 nitrogen and oxygen atoms in total. The third-order valence-corrected chi connectivity index (χ3v) is 18.9. The van der Waals surface area contributed by atoms with E-state index in [1.807, 2.05) is 18.2 Å². The molecule has 5 atom stereocenters. The van der Waals surface area contributed by atoms with Gasteiger partial charge >= 0.3 is 39.5 Å². The van der Waals surface area contributed by atoms with Crippen molar-refractivity contribution in [2.24, 2.45) is 0 Å². The van der Waals surface area contributed by atoms with E-state index >= 15 is 0 Å². The van der Waals surface area contributed by atoms with Gasteiger partial charge in [0.1, 0.15) is 19.3 Å². The molecular formula is C89H148O17P2. The Morgan fingerprint density at radius 3 is 0.824 bits per heavy atom. The number of aliphatic hydroxyl groups excluding tert-OH is 1. The summed E-state index contributed by atoms with van der Waals surface area (Å²) in [5, 5.41) is 10.7. The fourth-order valence-corrected chi connectivity index (χ4v) is 12.3. The van der Waals surface area contributed by atoms with Gasteiger partial charge in [0.2, 0.25) is 0 Å². The van der Waals surface area contributed by atoms with Gasteiger partial charge < -0.3 is 33.8 Å². The van der Waals surface area contributed by atoms with Crippen molar-refractivity contribution in [3.63, 3.8) is 0 Å². The van der Waals surface area contributed by atoms with Gasteiger partial charge in [-0.05, 0) is 161 Å². The number of hydrogen-bond acceptors (Lipinski definition) is 15. The summed E-state index contributed by atoms with van der Waals surface area (Å²) in [6.45, 7) is 4.51. The fraction of sp³-hybridized carbons (Fsp3) is 0.663. The van der Waals surface area contributed by atoms with Crippen LogP contribution in [0.15, 0.2) is 158 Å². The first-order valence-corrected chi connectivity index (χ1v) is 44.7. The van der Waals surface area contributed by atoms with E-state index in [1.165, 1.54) is 70.6 Å². The van der Waals surface area contributed by atoms with Crippen molar-refractivity contribution in [2.75, 3.05) is 39.6 Å². The summed E-state index contributed by atoms with van der Waals surface area (Å²) in [5.41, 5.74) is 0. The molecule has 0 bridgehead atoms. The van der Waals surface area contributed by atoms with Crippen molar-refractivity contribution >= 4 is 39.5 Å². The van der Waals surface area contributed by atoms with E-state index in [2.05, 4.69) is 167 Å². The molecule has 0 rings (SSSR count). The molecule has 0 saturated heterocycles. The third kappa shape index (κ3) is 78.8. The van der Waals surface area contributed by atoms with E-state index in [-0.39, 0.29) is 25.7 Å². The van der Waals surface area contributed by atoms with Crippen LogP contribution in [0, 0.1) is 0 Å². The Kier molecular flexibility index (Phi) is 75.8. The SMILES string of the molecule is CC/C=C\C/C=C\C/C=C\C/C=C\C/C=C\C/C=C\CCC(=O)OC[C@H](COP(=O)(O)OC[C@@H](O)COP(=O)(O)OC[C@@H](COC(=O)CCCCCCCCC/C=C\CCCCCC)OC(=O)CCCCC/C=C\C/C=C\C/C=C\C/C=C\C/C=C\CC)OC(=O)CCCCCCC/C=C\CCCCCCCC. The lowest BCUT2D eigenvalue weighted by atomic mass is 10.1. The number of carbonyl (C=O) groups excluding carboxylic acids is 4. The molecular weight excluding hydrogens is 1400 g/mol. The third-order valence-electron chi connectivity index (χ3n) is 17.0. The summed E-state index contributed by atoms with van der Waals surface area (Å²) in [7, 11) is -10.0. The highest BCUT2D eigenvalue weighted by Crippen LogP contribution is 2.45. The number of rotatable bonds is 77. The Bertz CT molecular complexity index is 2660. The fourth-order valence-electron chi connectivity index (χ4n) is 10.7. The van der Waals surface area contributed by atoms with Gasteiger partial charge in [-0.2, -0.15) is 0 Å². The van der Waals surface area contributed by atoms with E-state index in [0.29, 0.717) is 32.1 Å². The zero-order valence-corrected chi connectivity index (χ0v) is 69.3. The lowest BCUT2D eigenvalue weighted by molar-refractivity contribution is -0.161. The standard InChI is InChI=1S/C89H148O17P2/c1-5-9-13-17-21-25-29-33-37-39-41-43-47-50-54-58-62-66-70-74-87(92)100-80-84(105-88(93)75-71-67-63-59-55-51-46-36-32-28-24-20-16-12-8-4)81-103-107(95,96)101-77-83(90)78-102-108(97,98)104-82-85(79-99-86(91)73-69-65-61-57-53-49-45-35-31-27-23-19-15-11-7-3)106-89(94)76-72-68-64-60-56-52-48-44-42-40-38-34-30-26-22-18-14-10-6-2/h9-10,13-14,21-22,25-27,31,33-34,36-38,41-44,46,50,52,54,56,62,66,83-85,90H,5-8,11-12,15-20,23-24,28-30,32,35,39-40,45,47-49,51,53,55,57-61,63-65,67-82H2,1-4H3,(H,95,96)(H,97,98)/b13-9-,14-10-,25-21-,26-22-,31-27-,37-33-,38-34-,43-41-,44-42-,46-36-,54-50-,56-52-,66-62-/t83-,84-,85-/m1/s1. The molecule has 0 aliphatic carbocycles. The Morgan fingerprint density at radius 2 is 0.500 bits per heavy atom. The zero-order valence-electron chi connectivity index (χ0n) is 67.5. The van der Waals surface area contributed by atoms with Crippen LogP contribution in [0.4, 0.5) is 0 Å². The van der Waals surface area contributed by atoms with Gasteiger partial charge in [-0.1, -0.05) is 295 Å². The molecule has 0 aromatic rings. The molecule has 0 aliphatic rings. The Labute approximate surface area is 655 Å². The van der Waals surface area contributed by atoms with E-state index in [0.717, 1.165) is 167 Å². The molecule has 0 heterocycles. The quantitative estimate of drug-likeness (QED) is 0.0169. The largest absolute Gasteiger partial charge is 0.472 e. The molecule has 2 unspecified atom stereocenters. The lowest BCUT2D eigenvalue weighted by Gasteiger charge is -2.21. The van der Waals surface area contributed by atoms with E-state index in [4.69, 9.17) is 37.0 Å². The zero-order chi connectivity index (χ0) is 78.9. The molecule has 0 aromatic carbocycles. The Balaban J connectivity index is 5.48. The first-order valence-electron chi connectivity index (χ1n) is 41.7. The first-order chi connectivity index (χ1) is 52.7. The van der Waals surface area contributed by atoms with Gasteiger partial charge in [0.05, 0.1) is 26.4 Å². The Hall–Kier alpha value is -5.32. The average molecular weight is 1550 g/mol. The van der Waals surface area contributed by atoms with Crippen molar-refractivity contribution in [3.05, 3.63) is 158 Å². The molecule has 0 saturated carbocycles. The molecule has 616 valence electrons. The molecule has 0 aromatic heterocycles. The number of phosphoric acid groups is 2. The van der Waals surface area contributed by atoms with Crippen molar-refractivity contribution in [1.29, 1.82) is 0 Å². The molecule has 0 amide bonds. The van der Waals surface area contributed by atoms with Crippen LogP contribution in [0.1, 0.15) is 323 Å². The average Bonchev–Trinajstić information content (AvgIpc) is 0.914. The number of phosphoric ester groups is 2. The molecule has 108 heavy (non-hydrogen) atoms. The maximum absolute atomic E-state index is 13.1. The predicted octanol–water partition coefficient (Wildman–Crippen LogP) is 24.8. The number of carbonyl (C=O) groups is 4. The minimum absolute atomic E-state index is 0.0301. The van der Waals surface area contributed by atoms with E-state index in [9.17, 15) is 43.2 Å². The second-order valence-corrected chi connectivity index (χ2v) is 30.2. The normalized spacial score (nSPS) is 14.6. The second-order valence-electron chi connectivity index (χ2n) is 27.3. The van der Waals surface area contributed by atoms with Crippen molar-refractivity contribution in [1.82, 2.24) is 0 Å². The van der Waals surface area contributed by atoms with Crippen LogP contribution in [0.5, 0.6) is 0 Å². The monoisotopic (exact) mass is 1550 g/mol. The Morgan fingerprint density at radius 1 is 0.269 bits per heavy atom. The summed E-state index contributed by atoms with van der Waals surface area (Å²) in [6, 6.07) is 0. The van der Waals surface area contributed by atoms with Gasteiger partial charge in [-0.25, -0.2) is 9.13 Å². The molecule has 0 fully saturated rings. The number of esters is 4. The van der Waals surface area contributed by atoms with Crippen LogP contribution in [-0.4, -0.2) is 96.7 Å². The van der Waals surface area contributed by atoms with Gasteiger partial charge in [0.15, 0.2) is 12.2 Å². The van der Waals surface area contributed by atoms with Crippen LogP contribution in [-0.2, 0) is 65.4 Å². The highest BCUT2D eigenvalue weighted by molar-refractivity contribution is 7.47. The summed E-state index contributed by atoms with van der Waals surface area (Å²) in [4.78, 5) is 73.1. The molecule has 19 heteroatoms. The number of ether oxygens (including phenoxy) is 4. The molecule has 0 spiro atoms. The smallest absolute Gasteiger partial charge is 0.462 e. The minimum atomic E-state index is -5.01. The minimum Gasteiger partial charge on any atom is -0.462 e. The molecule has 3 N–H and O–H groups in total. The van der Waals surface area contributed by atoms with Crippen LogP contribution in [0.25, 0.3) is 0 Å². The van der Waals surface area contributed by atoms with E-state index in [1.54, 1.807) is 0 Å². The molecule has 0 radical (unpaired) electrons. The summed E-state index contributed by atoms with van der Waals surface area (Å²) in [5.74, 6) is -2.33. The topological polar surface area (TPSA) is 237 Å². The van der Waals surface area contributed by atoms with Crippen LogP contribution < -0.4 is 0 Å².